The van der Waals surface area contributed by atoms with Gasteiger partial charge in [0, 0.05) is 19.3 Å². The molecule has 0 saturated carbocycles. The molecule has 1 amide bonds. The standard InChI is InChI=1S/C11H17N5O3S/c1-11(2)10(17)13-5-6-16(11)20(18,19)8-3-4-9(15-12)14-7-8/h3-4,7H,5-6,12H2,1-2H3,(H,13,17)(H,14,15). The number of rotatable bonds is 3. The molecular formula is C11H17N5O3S. The predicted molar refractivity (Wildman–Crippen MR) is 73.0 cm³/mol. The smallest absolute Gasteiger partial charge is 0.245 e. The number of anilines is 1. The van der Waals surface area contributed by atoms with Crippen molar-refractivity contribution < 1.29 is 13.2 Å². The number of carbonyl (C=O) groups excluding carboxylic acids is 1. The number of sulfonamides is 1. The van der Waals surface area contributed by atoms with Gasteiger partial charge < -0.3 is 10.7 Å². The normalized spacial score (nSPS) is 19.4. The van der Waals surface area contributed by atoms with Crippen molar-refractivity contribution in [3.8, 4) is 0 Å². The van der Waals surface area contributed by atoms with Gasteiger partial charge in [0.1, 0.15) is 16.3 Å². The Hall–Kier alpha value is -1.71. The number of hydrogen-bond acceptors (Lipinski definition) is 6. The molecule has 0 aromatic carbocycles. The highest BCUT2D eigenvalue weighted by Crippen LogP contribution is 2.26. The summed E-state index contributed by atoms with van der Waals surface area (Å²) in [6.07, 6.45) is 1.22. The Morgan fingerprint density at radius 3 is 2.70 bits per heavy atom. The molecule has 0 spiro atoms. The van der Waals surface area contributed by atoms with Gasteiger partial charge >= 0.3 is 0 Å². The minimum atomic E-state index is -3.79. The minimum Gasteiger partial charge on any atom is -0.353 e. The lowest BCUT2D eigenvalue weighted by Gasteiger charge is -2.39. The highest BCUT2D eigenvalue weighted by Gasteiger charge is 2.44. The van der Waals surface area contributed by atoms with E-state index in [2.05, 4.69) is 15.7 Å². The van der Waals surface area contributed by atoms with Gasteiger partial charge in [0.15, 0.2) is 0 Å². The molecule has 1 aliphatic heterocycles. The van der Waals surface area contributed by atoms with E-state index in [0.717, 1.165) is 0 Å². The van der Waals surface area contributed by atoms with E-state index in [0.29, 0.717) is 5.82 Å². The van der Waals surface area contributed by atoms with Crippen LogP contribution in [-0.2, 0) is 14.8 Å². The second-order valence-corrected chi connectivity index (χ2v) is 6.78. The van der Waals surface area contributed by atoms with Gasteiger partial charge in [-0.05, 0) is 26.0 Å². The summed E-state index contributed by atoms with van der Waals surface area (Å²) in [6.45, 7) is 3.65. The molecule has 0 unspecified atom stereocenters. The average Bonchev–Trinajstić information content (AvgIpc) is 2.41. The summed E-state index contributed by atoms with van der Waals surface area (Å²) < 4.78 is 26.4. The van der Waals surface area contributed by atoms with Gasteiger partial charge in [0.2, 0.25) is 15.9 Å². The van der Waals surface area contributed by atoms with E-state index in [4.69, 9.17) is 5.84 Å². The molecule has 2 heterocycles. The van der Waals surface area contributed by atoms with Crippen LogP contribution < -0.4 is 16.6 Å². The highest BCUT2D eigenvalue weighted by atomic mass is 32.2. The van der Waals surface area contributed by atoms with Crippen LogP contribution in [0.25, 0.3) is 0 Å². The molecule has 110 valence electrons. The number of piperazine rings is 1. The quantitative estimate of drug-likeness (QED) is 0.500. The zero-order chi connectivity index (χ0) is 15.0. The maximum absolute atomic E-state index is 12.6. The third kappa shape index (κ3) is 2.35. The first-order chi connectivity index (χ1) is 9.30. The minimum absolute atomic E-state index is 0.0271. The van der Waals surface area contributed by atoms with Crippen LogP contribution in [0.5, 0.6) is 0 Å². The molecule has 1 aromatic rings. The molecule has 0 bridgehead atoms. The van der Waals surface area contributed by atoms with Crippen LogP contribution >= 0.6 is 0 Å². The van der Waals surface area contributed by atoms with Crippen molar-refractivity contribution in [2.75, 3.05) is 18.5 Å². The number of amides is 1. The zero-order valence-corrected chi connectivity index (χ0v) is 12.1. The first-order valence-electron chi connectivity index (χ1n) is 6.04. The van der Waals surface area contributed by atoms with E-state index in [1.807, 2.05) is 0 Å². The van der Waals surface area contributed by atoms with Gasteiger partial charge in [-0.25, -0.2) is 19.2 Å². The van der Waals surface area contributed by atoms with E-state index >= 15 is 0 Å². The van der Waals surface area contributed by atoms with Crippen LogP contribution in [0.15, 0.2) is 23.2 Å². The summed E-state index contributed by atoms with van der Waals surface area (Å²) in [5.74, 6) is 5.23. The molecule has 0 atom stereocenters. The van der Waals surface area contributed by atoms with Crippen molar-refractivity contribution in [1.82, 2.24) is 14.6 Å². The van der Waals surface area contributed by atoms with Crippen LogP contribution in [0, 0.1) is 0 Å². The molecule has 0 radical (unpaired) electrons. The first-order valence-corrected chi connectivity index (χ1v) is 7.48. The molecule has 20 heavy (non-hydrogen) atoms. The zero-order valence-electron chi connectivity index (χ0n) is 11.3. The Morgan fingerprint density at radius 2 is 2.15 bits per heavy atom. The summed E-state index contributed by atoms with van der Waals surface area (Å²) in [4.78, 5) is 15.8. The molecule has 1 fully saturated rings. The van der Waals surface area contributed by atoms with Gasteiger partial charge in [-0.2, -0.15) is 4.31 Å². The number of nitrogens with two attached hydrogens (primary N) is 1. The van der Waals surface area contributed by atoms with E-state index in [1.54, 1.807) is 13.8 Å². The number of carbonyl (C=O) groups is 1. The Labute approximate surface area is 117 Å². The Bertz CT molecular complexity index is 611. The molecule has 1 aromatic heterocycles. The lowest BCUT2D eigenvalue weighted by Crippen LogP contribution is -2.63. The van der Waals surface area contributed by atoms with Crippen LogP contribution in [0.2, 0.25) is 0 Å². The van der Waals surface area contributed by atoms with E-state index in [1.165, 1.54) is 22.6 Å². The largest absolute Gasteiger partial charge is 0.353 e. The fraction of sp³-hybridized carbons (Fsp3) is 0.455. The number of hydrazine groups is 1. The second-order valence-electron chi connectivity index (χ2n) is 4.92. The van der Waals surface area contributed by atoms with Crippen molar-refractivity contribution in [3.63, 3.8) is 0 Å². The molecule has 1 saturated heterocycles. The Morgan fingerprint density at radius 1 is 1.45 bits per heavy atom. The van der Waals surface area contributed by atoms with Crippen LogP contribution in [-0.4, -0.2) is 42.2 Å². The molecule has 4 N–H and O–H groups in total. The van der Waals surface area contributed by atoms with Gasteiger partial charge in [0.25, 0.3) is 0 Å². The first kappa shape index (κ1) is 14.7. The molecule has 9 heteroatoms. The summed E-state index contributed by atoms with van der Waals surface area (Å²) in [5.41, 5.74) is 1.19. The molecule has 8 nitrogen and oxygen atoms in total. The topological polar surface area (TPSA) is 117 Å². The summed E-state index contributed by atoms with van der Waals surface area (Å²) in [6, 6.07) is 2.87. The predicted octanol–water partition coefficient (Wildman–Crippen LogP) is -0.734. The Kier molecular flexibility index (Phi) is 3.67. The number of nitrogens with one attached hydrogen (secondary N) is 2. The number of hydrogen-bond donors (Lipinski definition) is 3. The Balaban J connectivity index is 2.40. The van der Waals surface area contributed by atoms with Crippen molar-refractivity contribution in [2.24, 2.45) is 5.84 Å². The number of aromatic nitrogens is 1. The molecular weight excluding hydrogens is 282 g/mol. The van der Waals surface area contributed by atoms with E-state index in [9.17, 15) is 13.2 Å². The molecule has 0 aliphatic carbocycles. The summed E-state index contributed by atoms with van der Waals surface area (Å²) in [5, 5.41) is 2.66. The lowest BCUT2D eigenvalue weighted by molar-refractivity contribution is -0.131. The third-order valence-electron chi connectivity index (χ3n) is 3.25. The van der Waals surface area contributed by atoms with Crippen molar-refractivity contribution in [2.45, 2.75) is 24.3 Å². The van der Waals surface area contributed by atoms with E-state index < -0.39 is 15.6 Å². The fourth-order valence-electron chi connectivity index (χ4n) is 2.05. The molecule has 2 rings (SSSR count). The number of nitrogens with zero attached hydrogens (tertiary/aromatic N) is 2. The second kappa shape index (κ2) is 5.00. The summed E-state index contributed by atoms with van der Waals surface area (Å²) >= 11 is 0. The average molecular weight is 299 g/mol. The molecule has 1 aliphatic rings. The fourth-order valence-corrected chi connectivity index (χ4v) is 3.74. The van der Waals surface area contributed by atoms with Crippen LogP contribution in [0.4, 0.5) is 5.82 Å². The van der Waals surface area contributed by atoms with Gasteiger partial charge in [-0.1, -0.05) is 0 Å². The van der Waals surface area contributed by atoms with Crippen LogP contribution in [0.1, 0.15) is 13.8 Å². The summed E-state index contributed by atoms with van der Waals surface area (Å²) in [7, 11) is -3.79. The van der Waals surface area contributed by atoms with E-state index in [-0.39, 0.29) is 23.9 Å². The third-order valence-corrected chi connectivity index (χ3v) is 5.31. The van der Waals surface area contributed by atoms with Crippen molar-refractivity contribution >= 4 is 21.7 Å². The SMILES string of the molecule is CC1(C)C(=O)NCCN1S(=O)(=O)c1ccc(NN)nc1. The monoisotopic (exact) mass is 299 g/mol. The maximum Gasteiger partial charge on any atom is 0.245 e. The van der Waals surface area contributed by atoms with Crippen LogP contribution in [0.3, 0.4) is 0 Å². The number of nitrogen functional groups attached to an aromatic ring is 1. The highest BCUT2D eigenvalue weighted by molar-refractivity contribution is 7.89. The van der Waals surface area contributed by atoms with Gasteiger partial charge in [0.05, 0.1) is 0 Å². The number of pyridine rings is 1. The maximum atomic E-state index is 12.6. The van der Waals surface area contributed by atoms with Gasteiger partial charge in [-0.3, -0.25) is 4.79 Å². The lowest BCUT2D eigenvalue weighted by atomic mass is 10.0. The van der Waals surface area contributed by atoms with Gasteiger partial charge in [-0.15, -0.1) is 0 Å². The van der Waals surface area contributed by atoms with Crippen molar-refractivity contribution in [3.05, 3.63) is 18.3 Å². The van der Waals surface area contributed by atoms with Crippen molar-refractivity contribution in [1.29, 1.82) is 0 Å².